The largest absolute Gasteiger partial charge is 0.495 e. The summed E-state index contributed by atoms with van der Waals surface area (Å²) in [7, 11) is -2.44. The molecule has 0 aliphatic carbocycles. The van der Waals surface area contributed by atoms with Gasteiger partial charge in [-0.3, -0.25) is 4.31 Å². The molecule has 0 spiro atoms. The second-order valence-corrected chi connectivity index (χ2v) is 6.19. The van der Waals surface area contributed by atoms with Gasteiger partial charge in [0, 0.05) is 5.02 Å². The average Bonchev–Trinajstić information content (AvgIpc) is 2.27. The summed E-state index contributed by atoms with van der Waals surface area (Å²) < 4.78 is 29.5. The monoisotopic (exact) mass is 307 g/mol. The van der Waals surface area contributed by atoms with Gasteiger partial charge in [-0.2, -0.15) is 0 Å². The lowest BCUT2D eigenvalue weighted by Crippen LogP contribution is -2.43. The third-order valence-corrected chi connectivity index (χ3v) is 3.91. The van der Waals surface area contributed by atoms with Crippen molar-refractivity contribution < 1.29 is 23.1 Å². The van der Waals surface area contributed by atoms with E-state index >= 15 is 0 Å². The molecule has 1 rings (SSSR count). The van der Waals surface area contributed by atoms with E-state index in [4.69, 9.17) is 21.4 Å². The van der Waals surface area contributed by atoms with Crippen molar-refractivity contribution in [3.63, 3.8) is 0 Å². The van der Waals surface area contributed by atoms with Crippen LogP contribution >= 0.6 is 11.6 Å². The van der Waals surface area contributed by atoms with E-state index in [1.165, 1.54) is 32.2 Å². The van der Waals surface area contributed by atoms with Crippen LogP contribution in [0.4, 0.5) is 5.69 Å². The average molecular weight is 308 g/mol. The quantitative estimate of drug-likeness (QED) is 0.893. The molecule has 0 aliphatic rings. The molecule has 6 nitrogen and oxygen atoms in total. The second-order valence-electron chi connectivity index (χ2n) is 3.89. The molecular formula is C11H14ClNO5S. The van der Waals surface area contributed by atoms with Gasteiger partial charge in [0.1, 0.15) is 11.8 Å². The normalized spacial score (nSPS) is 12.8. The Morgan fingerprint density at radius 1 is 1.47 bits per heavy atom. The molecular weight excluding hydrogens is 294 g/mol. The van der Waals surface area contributed by atoms with Gasteiger partial charge in [0.25, 0.3) is 0 Å². The predicted molar refractivity (Wildman–Crippen MR) is 72.4 cm³/mol. The van der Waals surface area contributed by atoms with Crippen LogP contribution in [0.5, 0.6) is 5.75 Å². The van der Waals surface area contributed by atoms with E-state index in [9.17, 15) is 13.2 Å². The molecule has 0 saturated carbocycles. The molecule has 1 aromatic rings. The number of benzene rings is 1. The molecule has 0 fully saturated rings. The SMILES string of the molecule is COc1ccc(Cl)cc1N([C@@H](C)C(=O)O)S(C)(=O)=O. The molecule has 0 aliphatic heterocycles. The molecule has 106 valence electrons. The van der Waals surface area contributed by atoms with Crippen LogP contribution in [0.1, 0.15) is 6.92 Å². The summed E-state index contributed by atoms with van der Waals surface area (Å²) in [4.78, 5) is 11.1. The van der Waals surface area contributed by atoms with Crippen molar-refractivity contribution in [2.75, 3.05) is 17.7 Å². The zero-order valence-corrected chi connectivity index (χ0v) is 12.2. The highest BCUT2D eigenvalue weighted by Crippen LogP contribution is 2.34. The van der Waals surface area contributed by atoms with Crippen molar-refractivity contribution in [2.45, 2.75) is 13.0 Å². The van der Waals surface area contributed by atoms with E-state index in [0.29, 0.717) is 0 Å². The number of rotatable bonds is 5. The van der Waals surface area contributed by atoms with Gasteiger partial charge in [-0.1, -0.05) is 11.6 Å². The number of ether oxygens (including phenoxy) is 1. The van der Waals surface area contributed by atoms with Crippen LogP contribution in [0, 0.1) is 0 Å². The van der Waals surface area contributed by atoms with E-state index < -0.39 is 22.0 Å². The van der Waals surface area contributed by atoms with Crippen LogP contribution in [0.3, 0.4) is 0 Å². The highest BCUT2D eigenvalue weighted by atomic mass is 35.5. The Hall–Kier alpha value is -1.47. The Morgan fingerprint density at radius 3 is 2.47 bits per heavy atom. The molecule has 0 amide bonds. The summed E-state index contributed by atoms with van der Waals surface area (Å²) in [5.41, 5.74) is 0.0902. The van der Waals surface area contributed by atoms with Gasteiger partial charge in [0.15, 0.2) is 0 Å². The number of halogens is 1. The zero-order chi connectivity index (χ0) is 14.8. The fourth-order valence-corrected chi connectivity index (χ4v) is 2.94. The van der Waals surface area contributed by atoms with Gasteiger partial charge in [-0.05, 0) is 25.1 Å². The molecule has 0 aromatic heterocycles. The lowest BCUT2D eigenvalue weighted by molar-refractivity contribution is -0.137. The number of carbonyl (C=O) groups is 1. The first-order valence-electron chi connectivity index (χ1n) is 5.24. The lowest BCUT2D eigenvalue weighted by Gasteiger charge is -2.27. The molecule has 0 radical (unpaired) electrons. The standard InChI is InChI=1S/C11H14ClNO5S/c1-7(11(14)15)13(19(3,16)17)9-6-8(12)4-5-10(9)18-2/h4-7H,1-3H3,(H,14,15)/t7-/m0/s1. The van der Waals surface area contributed by atoms with Crippen LogP contribution in [0.25, 0.3) is 0 Å². The third kappa shape index (κ3) is 3.51. The summed E-state index contributed by atoms with van der Waals surface area (Å²) in [5.74, 6) is -1.05. The minimum Gasteiger partial charge on any atom is -0.495 e. The summed E-state index contributed by atoms with van der Waals surface area (Å²) in [6.07, 6.45) is 0.923. The van der Waals surface area contributed by atoms with E-state index in [-0.39, 0.29) is 16.5 Å². The maximum atomic E-state index is 11.8. The van der Waals surface area contributed by atoms with E-state index in [1.807, 2.05) is 0 Å². The molecule has 0 saturated heterocycles. The molecule has 0 heterocycles. The summed E-state index contributed by atoms with van der Waals surface area (Å²) in [6, 6.07) is 3.07. The fraction of sp³-hybridized carbons (Fsp3) is 0.364. The Balaban J connectivity index is 3.50. The first-order chi connectivity index (χ1) is 8.68. The zero-order valence-electron chi connectivity index (χ0n) is 10.6. The number of aliphatic carboxylic acids is 1. The molecule has 1 N–H and O–H groups in total. The van der Waals surface area contributed by atoms with Crippen LogP contribution in [0.15, 0.2) is 18.2 Å². The summed E-state index contributed by atoms with van der Waals surface area (Å²) in [6.45, 7) is 1.27. The minimum atomic E-state index is -3.80. The van der Waals surface area contributed by atoms with Crippen molar-refractivity contribution in [3.8, 4) is 5.75 Å². The predicted octanol–water partition coefficient (Wildman–Crippen LogP) is 1.59. The number of nitrogens with zero attached hydrogens (tertiary/aromatic N) is 1. The Kier molecular flexibility index (Phi) is 4.65. The van der Waals surface area contributed by atoms with E-state index in [1.54, 1.807) is 0 Å². The Morgan fingerprint density at radius 2 is 2.05 bits per heavy atom. The number of anilines is 1. The van der Waals surface area contributed by atoms with Gasteiger partial charge < -0.3 is 9.84 Å². The topological polar surface area (TPSA) is 83.9 Å². The molecule has 1 atom stereocenters. The van der Waals surface area contributed by atoms with Crippen LogP contribution in [-0.4, -0.2) is 38.9 Å². The number of carboxylic acids is 1. The molecule has 1 aromatic carbocycles. The molecule has 8 heteroatoms. The maximum Gasteiger partial charge on any atom is 0.327 e. The van der Waals surface area contributed by atoms with Crippen LogP contribution < -0.4 is 9.04 Å². The number of hydrogen-bond donors (Lipinski definition) is 1. The van der Waals surface area contributed by atoms with Gasteiger partial charge in [-0.25, -0.2) is 13.2 Å². The first kappa shape index (κ1) is 15.6. The lowest BCUT2D eigenvalue weighted by atomic mass is 10.2. The van der Waals surface area contributed by atoms with Crippen molar-refractivity contribution in [1.82, 2.24) is 0 Å². The van der Waals surface area contributed by atoms with Crippen molar-refractivity contribution in [2.24, 2.45) is 0 Å². The van der Waals surface area contributed by atoms with Crippen molar-refractivity contribution >= 4 is 33.3 Å². The number of methoxy groups -OCH3 is 1. The first-order valence-corrected chi connectivity index (χ1v) is 7.47. The van der Waals surface area contributed by atoms with Gasteiger partial charge in [0.05, 0.1) is 19.1 Å². The highest BCUT2D eigenvalue weighted by Gasteiger charge is 2.31. The minimum absolute atomic E-state index is 0.0902. The third-order valence-electron chi connectivity index (χ3n) is 2.44. The highest BCUT2D eigenvalue weighted by molar-refractivity contribution is 7.92. The number of carboxylic acid groups (broad SMARTS) is 1. The summed E-state index contributed by atoms with van der Waals surface area (Å²) >= 11 is 5.83. The smallest absolute Gasteiger partial charge is 0.327 e. The van der Waals surface area contributed by atoms with Crippen LogP contribution in [-0.2, 0) is 14.8 Å². The van der Waals surface area contributed by atoms with Crippen LogP contribution in [0.2, 0.25) is 5.02 Å². The molecule has 0 unspecified atom stereocenters. The fourth-order valence-electron chi connectivity index (χ4n) is 1.61. The Bertz CT molecular complexity index is 587. The number of hydrogen-bond acceptors (Lipinski definition) is 4. The molecule has 0 bridgehead atoms. The van der Waals surface area contributed by atoms with Gasteiger partial charge in [-0.15, -0.1) is 0 Å². The van der Waals surface area contributed by atoms with Gasteiger partial charge in [0.2, 0.25) is 10.0 Å². The van der Waals surface area contributed by atoms with Crippen molar-refractivity contribution in [1.29, 1.82) is 0 Å². The van der Waals surface area contributed by atoms with Gasteiger partial charge >= 0.3 is 5.97 Å². The Labute approximate surface area is 116 Å². The second kappa shape index (κ2) is 5.66. The molecule has 19 heavy (non-hydrogen) atoms. The summed E-state index contributed by atoms with van der Waals surface area (Å²) in [5, 5.41) is 9.31. The maximum absolute atomic E-state index is 11.8. The number of sulfonamides is 1. The van der Waals surface area contributed by atoms with E-state index in [2.05, 4.69) is 0 Å². The van der Waals surface area contributed by atoms with Crippen molar-refractivity contribution in [3.05, 3.63) is 23.2 Å². The van der Waals surface area contributed by atoms with E-state index in [0.717, 1.165) is 10.6 Å².